The molecule has 0 amide bonds. The van der Waals surface area contributed by atoms with E-state index in [0.29, 0.717) is 19.7 Å². The molecule has 1 heterocycles. The molecule has 3 nitrogen and oxygen atoms in total. The topological polar surface area (TPSA) is 32.7 Å². The molecule has 0 saturated heterocycles. The summed E-state index contributed by atoms with van der Waals surface area (Å²) in [4.78, 5) is 2.14. The molecule has 0 aliphatic heterocycles. The average molecular weight is 335 g/mol. The SMILES string of the molecule is C=CCOCC(O)CN(Cc1ccc(F)cc1)Cc1ccsc1. The van der Waals surface area contributed by atoms with Crippen LogP contribution < -0.4 is 0 Å². The number of aliphatic hydroxyl groups excluding tert-OH is 1. The number of hydrogen-bond acceptors (Lipinski definition) is 4. The van der Waals surface area contributed by atoms with Gasteiger partial charge in [0.05, 0.1) is 19.3 Å². The van der Waals surface area contributed by atoms with Crippen molar-refractivity contribution in [3.63, 3.8) is 0 Å². The highest BCUT2D eigenvalue weighted by atomic mass is 32.1. The fraction of sp³-hybridized carbons (Fsp3) is 0.333. The van der Waals surface area contributed by atoms with Crippen molar-refractivity contribution in [3.8, 4) is 0 Å². The minimum Gasteiger partial charge on any atom is -0.389 e. The predicted octanol–water partition coefficient (Wildman–Crippen LogP) is 3.45. The van der Waals surface area contributed by atoms with E-state index < -0.39 is 6.10 Å². The summed E-state index contributed by atoms with van der Waals surface area (Å²) in [6, 6.07) is 8.54. The Bertz CT molecular complexity index is 571. The molecule has 1 aromatic heterocycles. The summed E-state index contributed by atoms with van der Waals surface area (Å²) in [5.74, 6) is -0.240. The van der Waals surface area contributed by atoms with E-state index in [1.54, 1.807) is 29.5 Å². The van der Waals surface area contributed by atoms with Gasteiger partial charge < -0.3 is 9.84 Å². The molecule has 23 heavy (non-hydrogen) atoms. The largest absolute Gasteiger partial charge is 0.389 e. The van der Waals surface area contributed by atoms with Crippen molar-refractivity contribution in [2.24, 2.45) is 0 Å². The van der Waals surface area contributed by atoms with Gasteiger partial charge in [-0.1, -0.05) is 18.2 Å². The first-order valence-corrected chi connectivity index (χ1v) is 8.46. The van der Waals surface area contributed by atoms with Crippen LogP contribution in [-0.4, -0.2) is 35.9 Å². The molecule has 1 atom stereocenters. The summed E-state index contributed by atoms with van der Waals surface area (Å²) in [5.41, 5.74) is 2.22. The van der Waals surface area contributed by atoms with E-state index in [2.05, 4.69) is 22.9 Å². The maximum absolute atomic E-state index is 13.0. The Morgan fingerprint density at radius 2 is 1.96 bits per heavy atom. The number of rotatable bonds is 10. The van der Waals surface area contributed by atoms with E-state index in [0.717, 1.165) is 12.1 Å². The van der Waals surface area contributed by atoms with Crippen LogP contribution in [0, 0.1) is 5.82 Å². The molecule has 0 saturated carbocycles. The van der Waals surface area contributed by atoms with E-state index in [-0.39, 0.29) is 12.4 Å². The van der Waals surface area contributed by atoms with Crippen LogP contribution in [0.25, 0.3) is 0 Å². The summed E-state index contributed by atoms with van der Waals surface area (Å²) in [6.45, 7) is 6.16. The molecule has 1 unspecified atom stereocenters. The summed E-state index contributed by atoms with van der Waals surface area (Å²) in [6.07, 6.45) is 1.09. The Balaban J connectivity index is 1.96. The number of thiophene rings is 1. The van der Waals surface area contributed by atoms with E-state index in [1.807, 2.05) is 5.38 Å². The van der Waals surface area contributed by atoms with Gasteiger partial charge in [0.25, 0.3) is 0 Å². The Labute approximate surface area is 140 Å². The minimum absolute atomic E-state index is 0.240. The first-order chi connectivity index (χ1) is 11.2. The van der Waals surface area contributed by atoms with Gasteiger partial charge in [0.15, 0.2) is 0 Å². The molecule has 0 aliphatic rings. The van der Waals surface area contributed by atoms with E-state index in [9.17, 15) is 9.50 Å². The van der Waals surface area contributed by atoms with Gasteiger partial charge in [0.2, 0.25) is 0 Å². The third kappa shape index (κ3) is 6.62. The zero-order chi connectivity index (χ0) is 16.5. The second kappa shape index (κ2) is 9.57. The Morgan fingerprint density at radius 3 is 2.61 bits per heavy atom. The molecule has 1 N–H and O–H groups in total. The fourth-order valence-electron chi connectivity index (χ4n) is 2.31. The van der Waals surface area contributed by atoms with Crippen molar-refractivity contribution >= 4 is 11.3 Å². The number of ether oxygens (including phenoxy) is 1. The number of halogens is 1. The van der Waals surface area contributed by atoms with Gasteiger partial charge in [-0.05, 0) is 40.1 Å². The Morgan fingerprint density at radius 1 is 1.22 bits per heavy atom. The quantitative estimate of drug-likeness (QED) is 0.533. The van der Waals surface area contributed by atoms with Crippen LogP contribution in [0.15, 0.2) is 53.7 Å². The van der Waals surface area contributed by atoms with Crippen molar-refractivity contribution in [1.82, 2.24) is 4.90 Å². The van der Waals surface area contributed by atoms with Crippen molar-refractivity contribution in [2.45, 2.75) is 19.2 Å². The normalized spacial score (nSPS) is 12.5. The molecule has 0 radical (unpaired) electrons. The van der Waals surface area contributed by atoms with Crippen molar-refractivity contribution in [1.29, 1.82) is 0 Å². The van der Waals surface area contributed by atoms with Gasteiger partial charge >= 0.3 is 0 Å². The van der Waals surface area contributed by atoms with Crippen molar-refractivity contribution < 1.29 is 14.2 Å². The molecule has 1 aromatic carbocycles. The summed E-state index contributed by atoms with van der Waals surface area (Å²) < 4.78 is 18.3. The summed E-state index contributed by atoms with van der Waals surface area (Å²) >= 11 is 1.65. The molecular weight excluding hydrogens is 313 g/mol. The number of hydrogen-bond donors (Lipinski definition) is 1. The fourth-order valence-corrected chi connectivity index (χ4v) is 2.97. The molecule has 0 aliphatic carbocycles. The molecule has 0 bridgehead atoms. The molecule has 2 rings (SSSR count). The monoisotopic (exact) mass is 335 g/mol. The van der Waals surface area contributed by atoms with Crippen LogP contribution in [0.4, 0.5) is 4.39 Å². The van der Waals surface area contributed by atoms with Crippen molar-refractivity contribution in [2.75, 3.05) is 19.8 Å². The van der Waals surface area contributed by atoms with Gasteiger partial charge in [-0.2, -0.15) is 11.3 Å². The molecule has 0 spiro atoms. The Kier molecular flexibility index (Phi) is 7.42. The minimum atomic E-state index is -0.575. The van der Waals surface area contributed by atoms with Gasteiger partial charge in [-0.3, -0.25) is 4.90 Å². The molecule has 0 fully saturated rings. The number of benzene rings is 1. The second-order valence-corrected chi connectivity index (χ2v) is 6.19. The average Bonchev–Trinajstić information content (AvgIpc) is 3.03. The van der Waals surface area contributed by atoms with E-state index in [4.69, 9.17) is 4.74 Å². The summed E-state index contributed by atoms with van der Waals surface area (Å²) in [5, 5.41) is 14.3. The van der Waals surface area contributed by atoms with Crippen LogP contribution in [0.2, 0.25) is 0 Å². The Hall–Kier alpha value is -1.53. The highest BCUT2D eigenvalue weighted by Crippen LogP contribution is 2.14. The van der Waals surface area contributed by atoms with Gasteiger partial charge in [0.1, 0.15) is 5.82 Å². The first-order valence-electron chi connectivity index (χ1n) is 7.52. The van der Waals surface area contributed by atoms with Crippen LogP contribution in [-0.2, 0) is 17.8 Å². The lowest BCUT2D eigenvalue weighted by Gasteiger charge is -2.25. The number of aliphatic hydroxyl groups is 1. The molecular formula is C18H22FNO2S. The van der Waals surface area contributed by atoms with Crippen LogP contribution >= 0.6 is 11.3 Å². The van der Waals surface area contributed by atoms with Gasteiger partial charge in [-0.25, -0.2) is 4.39 Å². The van der Waals surface area contributed by atoms with Crippen LogP contribution in [0.1, 0.15) is 11.1 Å². The third-order valence-electron chi connectivity index (χ3n) is 3.32. The number of nitrogens with zero attached hydrogens (tertiary/aromatic N) is 1. The van der Waals surface area contributed by atoms with Crippen molar-refractivity contribution in [3.05, 3.63) is 70.7 Å². The van der Waals surface area contributed by atoms with E-state index >= 15 is 0 Å². The second-order valence-electron chi connectivity index (χ2n) is 5.41. The zero-order valence-corrected chi connectivity index (χ0v) is 13.8. The highest BCUT2D eigenvalue weighted by molar-refractivity contribution is 7.07. The lowest BCUT2D eigenvalue weighted by Crippen LogP contribution is -2.34. The molecule has 124 valence electrons. The molecule has 2 aromatic rings. The van der Waals surface area contributed by atoms with Crippen LogP contribution in [0.5, 0.6) is 0 Å². The maximum Gasteiger partial charge on any atom is 0.123 e. The predicted molar refractivity (Wildman–Crippen MR) is 91.9 cm³/mol. The van der Waals surface area contributed by atoms with Gasteiger partial charge in [-0.15, -0.1) is 6.58 Å². The molecule has 5 heteroatoms. The lowest BCUT2D eigenvalue weighted by atomic mass is 10.2. The van der Waals surface area contributed by atoms with Crippen LogP contribution in [0.3, 0.4) is 0 Å². The summed E-state index contributed by atoms with van der Waals surface area (Å²) in [7, 11) is 0. The van der Waals surface area contributed by atoms with E-state index in [1.165, 1.54) is 17.7 Å². The van der Waals surface area contributed by atoms with Gasteiger partial charge in [0, 0.05) is 19.6 Å². The first kappa shape index (κ1) is 17.8. The smallest absolute Gasteiger partial charge is 0.123 e. The highest BCUT2D eigenvalue weighted by Gasteiger charge is 2.13. The zero-order valence-electron chi connectivity index (χ0n) is 13.0. The third-order valence-corrected chi connectivity index (χ3v) is 4.05. The maximum atomic E-state index is 13.0. The lowest BCUT2D eigenvalue weighted by molar-refractivity contribution is 0.0229. The standard InChI is InChI=1S/C18H22FNO2S/c1-2-8-22-13-18(21)12-20(11-16-7-9-23-14-16)10-15-3-5-17(19)6-4-15/h2-7,9,14,18,21H,1,8,10-13H2.